The van der Waals surface area contributed by atoms with E-state index in [4.69, 9.17) is 25.1 Å². The normalized spacial score (nSPS) is 11.9. The molecule has 8 aromatic carbocycles. The average molecular weight is 2290 g/mol. The molecule has 0 bridgehead atoms. The van der Waals surface area contributed by atoms with Gasteiger partial charge in [-0.05, 0) is 266 Å². The molecular formula is C89H75K4Li3N20O21S11. The summed E-state index contributed by atoms with van der Waals surface area (Å²) in [5, 5.41) is 55.3. The van der Waals surface area contributed by atoms with Crippen LogP contribution in [0.15, 0.2) is 176 Å². The van der Waals surface area contributed by atoms with Crippen LogP contribution in [0.4, 0.5) is 79.3 Å². The molecule has 0 unspecified atom stereocenters. The average Bonchev–Trinajstić information content (AvgIpc) is 1.39. The van der Waals surface area contributed by atoms with Gasteiger partial charge in [-0.25, -0.2) is 88.8 Å². The van der Waals surface area contributed by atoms with Crippen molar-refractivity contribution < 1.29 is 353 Å². The number of hydrogen-bond acceptors (Lipinski definition) is 43. The van der Waals surface area contributed by atoms with Crippen LogP contribution in [-0.2, 0) is 96.5 Å². The van der Waals surface area contributed by atoms with Crippen LogP contribution < -0.4 is 283 Å². The van der Waals surface area contributed by atoms with E-state index in [0.29, 0.717) is 101 Å². The van der Waals surface area contributed by atoms with E-state index >= 15 is 0 Å². The summed E-state index contributed by atoms with van der Waals surface area (Å²) in [6.45, 7) is 25.1. The van der Waals surface area contributed by atoms with Crippen molar-refractivity contribution in [3.8, 4) is 22.4 Å². The first-order chi connectivity index (χ1) is 66.0. The van der Waals surface area contributed by atoms with Gasteiger partial charge in [0.15, 0.2) is 33.5 Å². The Bertz CT molecular complexity index is 9050. The largest absolute Gasteiger partial charge is 1.00 e. The van der Waals surface area contributed by atoms with Crippen molar-refractivity contribution in [1.29, 1.82) is 10.5 Å². The predicted molar refractivity (Wildman–Crippen MR) is 520 cm³/mol. The molecular weight excluding hydrogens is 2220 g/mol. The number of aromatic nitrogens is 10. The molecule has 0 fully saturated rings. The summed E-state index contributed by atoms with van der Waals surface area (Å²) >= 11 is 4.00. The van der Waals surface area contributed by atoms with Crippen LogP contribution in [0.2, 0.25) is 0 Å². The Morgan fingerprint density at radius 3 is 1.01 bits per heavy atom. The van der Waals surface area contributed by atoms with Gasteiger partial charge < -0.3 is 42.5 Å². The fourth-order valence-electron chi connectivity index (χ4n) is 16.3. The van der Waals surface area contributed by atoms with Gasteiger partial charge in [-0.3, -0.25) is 9.80 Å². The third kappa shape index (κ3) is 27.2. The molecule has 0 aliphatic rings. The van der Waals surface area contributed by atoms with E-state index in [-0.39, 0.29) is 390 Å². The van der Waals surface area contributed by atoms with Gasteiger partial charge in [0, 0.05) is 11.4 Å². The summed E-state index contributed by atoms with van der Waals surface area (Å²) in [7, 11) is -34.3. The second-order valence-corrected chi connectivity index (χ2v) is 45.8. The van der Waals surface area contributed by atoms with Crippen molar-refractivity contribution in [2.75, 3.05) is 20.4 Å². The van der Waals surface area contributed by atoms with E-state index < -0.39 is 105 Å². The van der Waals surface area contributed by atoms with Crippen LogP contribution in [0.5, 0.6) is 0 Å². The molecule has 41 nitrogen and oxygen atoms in total. The Morgan fingerprint density at radius 2 is 0.676 bits per heavy atom. The number of pyridine rings is 2. The van der Waals surface area contributed by atoms with Crippen LogP contribution in [0.3, 0.4) is 0 Å². The van der Waals surface area contributed by atoms with Crippen molar-refractivity contribution in [2.24, 2.45) is 20.5 Å². The zero-order valence-electron chi connectivity index (χ0n) is 83.5. The Hall–Kier alpha value is -4.87. The molecule has 0 aliphatic heterocycles. The maximum absolute atomic E-state index is 12.8. The number of rotatable bonds is 27. The van der Waals surface area contributed by atoms with Crippen molar-refractivity contribution in [3.63, 3.8) is 0 Å². The summed E-state index contributed by atoms with van der Waals surface area (Å²) in [5.41, 5.74) is 9.17. The third-order valence-electron chi connectivity index (χ3n) is 22.6. The first-order valence-corrected chi connectivity index (χ1v) is 55.0. The number of fused-ring (bicyclic) bond motifs is 4. The van der Waals surface area contributed by atoms with E-state index in [1.54, 1.807) is 54.5 Å². The first-order valence-electron chi connectivity index (χ1n) is 41.9. The summed E-state index contributed by atoms with van der Waals surface area (Å²) in [5.74, 6) is 0.0635. The topological polar surface area (TPSA) is 641 Å². The van der Waals surface area contributed by atoms with Crippen LogP contribution in [0.1, 0.15) is 123 Å². The van der Waals surface area contributed by atoms with Gasteiger partial charge in [0.25, 0.3) is 0 Å². The van der Waals surface area contributed by atoms with Crippen molar-refractivity contribution in [1.82, 2.24) is 49.5 Å². The maximum Gasteiger partial charge on any atom is 1.00 e. The molecule has 2 N–H and O–H groups in total. The van der Waals surface area contributed by atoms with E-state index in [9.17, 15) is 101 Å². The summed E-state index contributed by atoms with van der Waals surface area (Å²) < 4.78 is 261. The number of benzene rings is 8. The molecule has 8 heterocycles. The van der Waals surface area contributed by atoms with Crippen LogP contribution >= 0.6 is 45.3 Å². The van der Waals surface area contributed by atoms with Gasteiger partial charge in [0.2, 0.25) is 10.3 Å². The van der Waals surface area contributed by atoms with E-state index in [1.807, 2.05) is 31.7 Å². The number of anilines is 10. The van der Waals surface area contributed by atoms with Gasteiger partial charge in [0.05, 0.1) is 97.9 Å². The number of hydrogen-bond donors (Lipinski definition) is 2. The Balaban J connectivity index is 0.000000344. The standard InChI is InChI=1S/C46H44N10O9S5.C43H38N10O12S6.4K.3Li/c1-8-27-19-33(70(63,64)65)20-28(9-2)41(27)51-43-40(52-53-44-34(23-47)26(7)54-56(44)46-49-36-15-13-32(69(60,61)62)22-38(36)67-46)25(6)18-39(50-43)55(42-29(10-3)16-24(5)17-30(42)11-4)45-48-35-14-12-31(68(57,58)59)21-37(35)66-45;1-19-13-22(4)38(70(60,61)62)24(6)35(19)48-40-36(49-50-41-29(18-44)26(8)51-53(41)43-46-31-12-10-28(69(57,58)59)17-33(31)67-43)20(2)15-34(47-40)52(37-21(3)14-23(5)39(25(37)7)71(63,64)65)42-45-30-11-9-27(68(54,55)56)16-32(30)66-42;;;;;;;/h12-22H,8-11H2,1-7H3,(H,50,51)(H,57,58,59)(H,60,61,62)(H,63,64,65);9-17H,1-8H3,(H,47,48)(H,54,55,56)(H,57,58,59)(H,60,61,62)(H,63,64,65);;;;;;;/q;;7*+1/p-7. The second-order valence-electron chi connectivity index (χ2n) is 32.2. The van der Waals surface area contributed by atoms with Gasteiger partial charge in [-0.15, -0.1) is 20.5 Å². The first kappa shape index (κ1) is 128. The summed E-state index contributed by atoms with van der Waals surface area (Å²) in [6, 6.07) is 32.0. The zero-order valence-corrected chi connectivity index (χ0v) is 105. The van der Waals surface area contributed by atoms with E-state index in [2.05, 4.69) is 64.3 Å². The predicted octanol–water partition coefficient (Wildman–Crippen LogP) is -3.03. The minimum Gasteiger partial charge on any atom is -0.744 e. The van der Waals surface area contributed by atoms with Crippen molar-refractivity contribution in [2.45, 2.75) is 164 Å². The SMILES string of the molecule is CCc1cc(S(=O)(=O)[O-])cc(CC)c1Nc1nc(N(c2nc3ccc(S(=O)(=O)[O-])cc3s2)c2c(CC)cc(C)cc2CC)cc(C)c1N=Nc1c(C#N)c(C)nn1-c1nc2ccc(S(=O)(=O)[O-])cc2s1.Cc1cc(N(c2nc3ccc(S(=O)(=O)[O-])cc3s2)c2c(C)cc(C)c(S(=O)(=O)[O-])c2C)nc(Nc2c(C)cc(C)c(S(=O)(=O)[O-])c2C)c1N=Nc1c(C#N)c(C)nn1-c1nc2ccc(S(=O)(=O)[O-])cc2s1.[K+].[K+].[K+].[K+].[Li+].[Li+].[Li+]. The quantitative estimate of drug-likeness (QED) is 0.0294. The molecule has 16 rings (SSSR count). The molecule has 148 heavy (non-hydrogen) atoms. The van der Waals surface area contributed by atoms with Crippen LogP contribution in [-0.4, -0.2) is 140 Å². The molecule has 0 saturated heterocycles. The minimum atomic E-state index is -5.12. The molecule has 59 heteroatoms. The van der Waals surface area contributed by atoms with E-state index in [1.165, 1.54) is 122 Å². The second kappa shape index (κ2) is 50.3. The molecule has 0 aliphatic carbocycles. The Morgan fingerprint density at radius 1 is 0.351 bits per heavy atom. The molecule has 8 aromatic heterocycles. The van der Waals surface area contributed by atoms with Crippen molar-refractivity contribution in [3.05, 3.63) is 216 Å². The Labute approximate surface area is 1070 Å². The minimum absolute atomic E-state index is 0. The molecule has 0 spiro atoms. The van der Waals surface area contributed by atoms with Crippen LogP contribution in [0.25, 0.3) is 51.1 Å². The smallest absolute Gasteiger partial charge is 0.744 e. The van der Waals surface area contributed by atoms with Gasteiger partial charge in [0.1, 0.15) is 117 Å². The fraction of sp³-hybridized carbons (Fsp3) is 0.213. The molecule has 730 valence electrons. The van der Waals surface area contributed by atoms with Gasteiger partial charge in [-0.2, -0.15) is 30.1 Å². The number of thiazole rings is 4. The van der Waals surface area contributed by atoms with Gasteiger partial charge >= 0.3 is 262 Å². The molecule has 0 radical (unpaired) electrons. The molecule has 0 saturated carbocycles. The number of nitriles is 2. The zero-order chi connectivity index (χ0) is 103. The Kier molecular flexibility index (Phi) is 43.6. The summed E-state index contributed by atoms with van der Waals surface area (Å²) in [6.07, 6.45) is 1.78. The van der Waals surface area contributed by atoms with E-state index in [0.717, 1.165) is 98.1 Å². The molecule has 0 amide bonds. The fourth-order valence-corrected chi connectivity index (χ4v) is 25.0. The number of nitrogens with zero attached hydrogens (tertiary/aromatic N) is 18. The number of azo groups is 2. The maximum atomic E-state index is 12.8. The molecule has 16 aromatic rings. The van der Waals surface area contributed by atoms with Crippen molar-refractivity contribution >= 4 is 236 Å². The monoisotopic (exact) mass is 2290 g/mol. The summed E-state index contributed by atoms with van der Waals surface area (Å²) in [4.78, 5) is 28.9. The number of nitrogens with one attached hydrogen (secondary N) is 2. The third-order valence-corrected chi connectivity index (χ3v) is 33.0. The van der Waals surface area contributed by atoms with Gasteiger partial charge in [-0.1, -0.05) is 103 Å². The molecule has 0 atom stereocenters. The number of aryl methyl sites for hydroxylation is 13. The van der Waals surface area contributed by atoms with Crippen LogP contribution in [0, 0.1) is 98.8 Å².